The summed E-state index contributed by atoms with van der Waals surface area (Å²) >= 11 is 0. The summed E-state index contributed by atoms with van der Waals surface area (Å²) in [5.41, 5.74) is 9.67. The second kappa shape index (κ2) is 5.69. The number of hydrogen-bond donors (Lipinski definition) is 1. The number of nitrogens with two attached hydrogens (primary N) is 1. The van der Waals surface area contributed by atoms with Crippen molar-refractivity contribution in [3.8, 4) is 5.75 Å². The van der Waals surface area contributed by atoms with Crippen molar-refractivity contribution in [3.63, 3.8) is 0 Å². The molecule has 0 heterocycles. The van der Waals surface area contributed by atoms with Crippen LogP contribution in [0.25, 0.3) is 0 Å². The highest BCUT2D eigenvalue weighted by Gasteiger charge is 2.06. The molecular formula is C16H19NO. The minimum Gasteiger partial charge on any atom is -0.492 e. The lowest BCUT2D eigenvalue weighted by Gasteiger charge is -2.14. The highest BCUT2D eigenvalue weighted by molar-refractivity contribution is 5.27. The first-order valence-corrected chi connectivity index (χ1v) is 6.17. The van der Waals surface area contributed by atoms with Gasteiger partial charge in [-0.1, -0.05) is 47.5 Å². The Morgan fingerprint density at radius 2 is 1.39 bits per heavy atom. The highest BCUT2D eigenvalue weighted by atomic mass is 16.5. The maximum atomic E-state index is 6.10. The summed E-state index contributed by atoms with van der Waals surface area (Å²) in [5.74, 6) is 0.864. The third-order valence-corrected chi connectivity index (χ3v) is 2.96. The van der Waals surface area contributed by atoms with Crippen molar-refractivity contribution >= 4 is 0 Å². The largest absolute Gasteiger partial charge is 0.492 e. The maximum Gasteiger partial charge on any atom is 0.119 e. The number of hydrogen-bond acceptors (Lipinski definition) is 2. The molecule has 0 aliphatic rings. The lowest BCUT2D eigenvalue weighted by molar-refractivity contribution is 0.290. The highest BCUT2D eigenvalue weighted by Crippen LogP contribution is 2.16. The molecule has 2 heteroatoms. The Kier molecular flexibility index (Phi) is 4.00. The average molecular weight is 241 g/mol. The summed E-state index contributed by atoms with van der Waals surface area (Å²) < 4.78 is 5.68. The van der Waals surface area contributed by atoms with Crippen LogP contribution in [0.15, 0.2) is 48.5 Å². The van der Waals surface area contributed by atoms with E-state index in [1.165, 1.54) is 11.1 Å². The zero-order valence-electron chi connectivity index (χ0n) is 10.9. The van der Waals surface area contributed by atoms with Crippen LogP contribution in [0.5, 0.6) is 5.75 Å². The molecule has 0 amide bonds. The van der Waals surface area contributed by atoms with E-state index >= 15 is 0 Å². The predicted molar refractivity (Wildman–Crippen MR) is 74.8 cm³/mol. The quantitative estimate of drug-likeness (QED) is 0.890. The Hall–Kier alpha value is -1.80. The molecule has 2 aromatic rings. The fourth-order valence-electron chi connectivity index (χ4n) is 1.73. The summed E-state index contributed by atoms with van der Waals surface area (Å²) in [6, 6.07) is 16.2. The van der Waals surface area contributed by atoms with Crippen molar-refractivity contribution in [1.29, 1.82) is 0 Å². The summed E-state index contributed by atoms with van der Waals surface area (Å²) in [6.45, 7) is 4.62. The van der Waals surface area contributed by atoms with Crippen LogP contribution in [0.3, 0.4) is 0 Å². The van der Waals surface area contributed by atoms with Crippen molar-refractivity contribution in [2.45, 2.75) is 19.9 Å². The van der Waals surface area contributed by atoms with E-state index in [4.69, 9.17) is 10.5 Å². The third kappa shape index (κ3) is 3.34. The first-order valence-electron chi connectivity index (χ1n) is 6.17. The molecule has 0 saturated heterocycles. The molecule has 2 rings (SSSR count). The van der Waals surface area contributed by atoms with Crippen LogP contribution in [0.2, 0.25) is 0 Å². The van der Waals surface area contributed by atoms with Crippen molar-refractivity contribution in [3.05, 3.63) is 65.2 Å². The van der Waals surface area contributed by atoms with E-state index in [0.717, 1.165) is 11.3 Å². The molecule has 0 radical (unpaired) electrons. The number of ether oxygens (including phenoxy) is 1. The van der Waals surface area contributed by atoms with Crippen LogP contribution >= 0.6 is 0 Å². The first kappa shape index (κ1) is 12.7. The summed E-state index contributed by atoms with van der Waals surface area (Å²) in [5, 5.41) is 0. The van der Waals surface area contributed by atoms with Gasteiger partial charge in [-0.3, -0.25) is 0 Å². The Balaban J connectivity index is 1.93. The lowest BCUT2D eigenvalue weighted by Crippen LogP contribution is -2.18. The van der Waals surface area contributed by atoms with E-state index in [0.29, 0.717) is 6.61 Å². The first-order chi connectivity index (χ1) is 8.65. The van der Waals surface area contributed by atoms with Gasteiger partial charge in [0.1, 0.15) is 12.4 Å². The minimum absolute atomic E-state index is 0.0908. The molecule has 94 valence electrons. The molecule has 0 spiro atoms. The second-order valence-electron chi connectivity index (χ2n) is 4.64. The molecule has 0 aliphatic carbocycles. The summed E-state index contributed by atoms with van der Waals surface area (Å²) in [6.07, 6.45) is 0. The van der Waals surface area contributed by atoms with E-state index in [-0.39, 0.29) is 6.04 Å². The van der Waals surface area contributed by atoms with Gasteiger partial charge in [-0.2, -0.15) is 0 Å². The van der Waals surface area contributed by atoms with E-state index in [1.807, 2.05) is 24.3 Å². The van der Waals surface area contributed by atoms with Crippen LogP contribution in [0.4, 0.5) is 0 Å². The topological polar surface area (TPSA) is 35.2 Å². The smallest absolute Gasteiger partial charge is 0.119 e. The molecule has 2 N–H and O–H groups in total. The van der Waals surface area contributed by atoms with Gasteiger partial charge in [-0.05, 0) is 31.5 Å². The Morgan fingerprint density at radius 3 is 1.94 bits per heavy atom. The van der Waals surface area contributed by atoms with E-state index < -0.39 is 0 Å². The normalized spacial score (nSPS) is 12.2. The van der Waals surface area contributed by atoms with Crippen molar-refractivity contribution in [2.75, 3.05) is 6.61 Å². The number of aryl methyl sites for hydroxylation is 2. The lowest BCUT2D eigenvalue weighted by atomic mass is 10.1. The zero-order valence-corrected chi connectivity index (χ0v) is 10.9. The Bertz CT molecular complexity index is 488. The molecular weight excluding hydrogens is 222 g/mol. The Morgan fingerprint density at radius 1 is 0.889 bits per heavy atom. The fourth-order valence-corrected chi connectivity index (χ4v) is 1.73. The molecule has 0 bridgehead atoms. The molecule has 18 heavy (non-hydrogen) atoms. The predicted octanol–water partition coefficient (Wildman–Crippen LogP) is 3.38. The molecule has 1 atom stereocenters. The van der Waals surface area contributed by atoms with E-state index in [2.05, 4.69) is 38.1 Å². The van der Waals surface area contributed by atoms with Crippen LogP contribution in [-0.2, 0) is 0 Å². The van der Waals surface area contributed by atoms with Gasteiger partial charge in [-0.25, -0.2) is 0 Å². The molecule has 0 saturated carbocycles. The standard InChI is InChI=1S/C16H19NO/c1-12-3-7-14(8-4-12)16(17)11-18-15-9-5-13(2)6-10-15/h3-10,16H,11,17H2,1-2H3. The number of rotatable bonds is 4. The fraction of sp³-hybridized carbons (Fsp3) is 0.250. The third-order valence-electron chi connectivity index (χ3n) is 2.96. The van der Waals surface area contributed by atoms with Gasteiger partial charge in [0.25, 0.3) is 0 Å². The van der Waals surface area contributed by atoms with Gasteiger partial charge in [0, 0.05) is 0 Å². The van der Waals surface area contributed by atoms with Crippen LogP contribution in [-0.4, -0.2) is 6.61 Å². The van der Waals surface area contributed by atoms with E-state index in [9.17, 15) is 0 Å². The van der Waals surface area contributed by atoms with Gasteiger partial charge in [0.15, 0.2) is 0 Å². The van der Waals surface area contributed by atoms with Gasteiger partial charge in [-0.15, -0.1) is 0 Å². The van der Waals surface area contributed by atoms with Crippen molar-refractivity contribution in [2.24, 2.45) is 5.73 Å². The van der Waals surface area contributed by atoms with Crippen LogP contribution in [0.1, 0.15) is 22.7 Å². The van der Waals surface area contributed by atoms with Gasteiger partial charge in [0.05, 0.1) is 6.04 Å². The van der Waals surface area contributed by atoms with Gasteiger partial charge >= 0.3 is 0 Å². The zero-order chi connectivity index (χ0) is 13.0. The monoisotopic (exact) mass is 241 g/mol. The molecule has 2 nitrogen and oxygen atoms in total. The molecule has 2 aromatic carbocycles. The van der Waals surface area contributed by atoms with Crippen molar-refractivity contribution in [1.82, 2.24) is 0 Å². The molecule has 0 aliphatic heterocycles. The van der Waals surface area contributed by atoms with Crippen molar-refractivity contribution < 1.29 is 4.74 Å². The molecule has 0 aromatic heterocycles. The number of benzene rings is 2. The molecule has 0 fully saturated rings. The summed E-state index contributed by atoms with van der Waals surface area (Å²) in [7, 11) is 0. The van der Waals surface area contributed by atoms with Gasteiger partial charge in [0.2, 0.25) is 0 Å². The van der Waals surface area contributed by atoms with Crippen LogP contribution < -0.4 is 10.5 Å². The average Bonchev–Trinajstić information content (AvgIpc) is 2.38. The van der Waals surface area contributed by atoms with E-state index in [1.54, 1.807) is 0 Å². The second-order valence-corrected chi connectivity index (χ2v) is 4.64. The minimum atomic E-state index is -0.0908. The van der Waals surface area contributed by atoms with Gasteiger partial charge < -0.3 is 10.5 Å². The molecule has 1 unspecified atom stereocenters. The SMILES string of the molecule is Cc1ccc(OCC(N)c2ccc(C)cc2)cc1. The maximum absolute atomic E-state index is 6.10. The summed E-state index contributed by atoms with van der Waals surface area (Å²) in [4.78, 5) is 0. The van der Waals surface area contributed by atoms with Crippen LogP contribution in [0, 0.1) is 13.8 Å². The Labute approximate surface area is 108 Å².